The summed E-state index contributed by atoms with van der Waals surface area (Å²) in [5.41, 5.74) is 0.916. The normalized spacial score (nSPS) is 10.1. The Balaban J connectivity index is 1.82. The Hall–Kier alpha value is -2.40. The molecule has 0 saturated carbocycles. The van der Waals surface area contributed by atoms with Gasteiger partial charge < -0.3 is 10.6 Å². The number of halogens is 2. The highest BCUT2D eigenvalue weighted by molar-refractivity contribution is 6.39. The van der Waals surface area contributed by atoms with E-state index < -0.39 is 17.6 Å². The number of anilines is 1. The minimum Gasteiger partial charge on any atom is -0.347 e. The monoisotopic (exact) mass is 320 g/mol. The molecule has 0 atom stereocenters. The van der Waals surface area contributed by atoms with E-state index in [2.05, 4.69) is 10.6 Å². The second kappa shape index (κ2) is 7.56. The summed E-state index contributed by atoms with van der Waals surface area (Å²) >= 11 is 5.85. The lowest BCUT2D eigenvalue weighted by atomic mass is 10.1. The minimum absolute atomic E-state index is 0.0301. The number of amides is 2. The fraction of sp³-hybridized carbons (Fsp3) is 0.125. The molecule has 114 valence electrons. The Kier molecular flexibility index (Phi) is 5.49. The first kappa shape index (κ1) is 16.0. The molecule has 22 heavy (non-hydrogen) atoms. The van der Waals surface area contributed by atoms with E-state index in [1.54, 1.807) is 18.2 Å². The van der Waals surface area contributed by atoms with Crippen LogP contribution < -0.4 is 10.6 Å². The molecule has 2 aromatic rings. The Morgan fingerprint density at radius 3 is 2.55 bits per heavy atom. The van der Waals surface area contributed by atoms with Crippen LogP contribution in [-0.2, 0) is 16.0 Å². The molecular formula is C16H14ClFN2O2. The number of hydrogen-bond acceptors (Lipinski definition) is 2. The van der Waals surface area contributed by atoms with Crippen molar-refractivity contribution in [2.45, 2.75) is 6.42 Å². The van der Waals surface area contributed by atoms with Crippen LogP contribution in [0, 0.1) is 5.82 Å². The Morgan fingerprint density at radius 2 is 1.82 bits per heavy atom. The zero-order chi connectivity index (χ0) is 15.9. The molecule has 0 unspecified atom stereocenters. The molecule has 4 nitrogen and oxygen atoms in total. The number of hydrogen-bond donors (Lipinski definition) is 2. The van der Waals surface area contributed by atoms with E-state index in [4.69, 9.17) is 11.6 Å². The van der Waals surface area contributed by atoms with Gasteiger partial charge in [0, 0.05) is 11.6 Å². The molecule has 0 aliphatic rings. The van der Waals surface area contributed by atoms with Gasteiger partial charge in [0.2, 0.25) is 0 Å². The molecule has 2 aromatic carbocycles. The molecule has 0 heterocycles. The standard InChI is InChI=1S/C16H14ClFN2O2/c17-12-5-3-4-11(10-12)8-9-19-15(21)16(22)20-14-7-2-1-6-13(14)18/h1-7,10H,8-9H2,(H,19,21)(H,20,22). The molecular weight excluding hydrogens is 307 g/mol. The van der Waals surface area contributed by atoms with Crippen molar-refractivity contribution in [2.24, 2.45) is 0 Å². The van der Waals surface area contributed by atoms with E-state index in [-0.39, 0.29) is 12.2 Å². The molecule has 2 amide bonds. The van der Waals surface area contributed by atoms with E-state index in [0.717, 1.165) is 5.56 Å². The zero-order valence-corrected chi connectivity index (χ0v) is 12.4. The van der Waals surface area contributed by atoms with Crippen LogP contribution in [0.1, 0.15) is 5.56 Å². The van der Waals surface area contributed by atoms with Crippen LogP contribution in [0.15, 0.2) is 48.5 Å². The molecule has 6 heteroatoms. The lowest BCUT2D eigenvalue weighted by molar-refractivity contribution is -0.136. The van der Waals surface area contributed by atoms with Crippen molar-refractivity contribution >= 4 is 29.1 Å². The van der Waals surface area contributed by atoms with Crippen LogP contribution in [0.5, 0.6) is 0 Å². The molecule has 0 aliphatic heterocycles. The van der Waals surface area contributed by atoms with Gasteiger partial charge in [0.1, 0.15) is 5.82 Å². The fourth-order valence-corrected chi connectivity index (χ4v) is 2.05. The first-order valence-electron chi connectivity index (χ1n) is 6.64. The van der Waals surface area contributed by atoms with Gasteiger partial charge in [-0.25, -0.2) is 4.39 Å². The fourth-order valence-electron chi connectivity index (χ4n) is 1.83. The van der Waals surface area contributed by atoms with E-state index in [1.165, 1.54) is 18.2 Å². The van der Waals surface area contributed by atoms with E-state index in [9.17, 15) is 14.0 Å². The summed E-state index contributed by atoms with van der Waals surface area (Å²) < 4.78 is 13.4. The minimum atomic E-state index is -0.906. The van der Waals surface area contributed by atoms with Gasteiger partial charge in [0.15, 0.2) is 0 Å². The van der Waals surface area contributed by atoms with Gasteiger partial charge in [0.25, 0.3) is 0 Å². The molecule has 0 fully saturated rings. The van der Waals surface area contributed by atoms with E-state index in [1.807, 2.05) is 12.1 Å². The smallest absolute Gasteiger partial charge is 0.313 e. The third kappa shape index (κ3) is 4.56. The molecule has 0 aromatic heterocycles. The number of nitrogens with one attached hydrogen (secondary N) is 2. The van der Waals surface area contributed by atoms with Crippen molar-refractivity contribution in [2.75, 3.05) is 11.9 Å². The first-order chi connectivity index (χ1) is 10.6. The molecule has 0 spiro atoms. The maximum atomic E-state index is 13.4. The Morgan fingerprint density at radius 1 is 1.05 bits per heavy atom. The van der Waals surface area contributed by atoms with Crippen molar-refractivity contribution in [3.05, 3.63) is 64.9 Å². The second-order valence-corrected chi connectivity index (χ2v) is 5.01. The zero-order valence-electron chi connectivity index (χ0n) is 11.6. The largest absolute Gasteiger partial charge is 0.347 e. The van der Waals surface area contributed by atoms with Gasteiger partial charge in [-0.1, -0.05) is 35.9 Å². The summed E-state index contributed by atoms with van der Waals surface area (Å²) in [6.45, 7) is 0.282. The van der Waals surface area contributed by atoms with Gasteiger partial charge in [0.05, 0.1) is 5.69 Å². The van der Waals surface area contributed by atoms with Crippen molar-refractivity contribution in [1.82, 2.24) is 5.32 Å². The summed E-state index contributed by atoms with van der Waals surface area (Å²) in [6, 6.07) is 12.9. The average Bonchev–Trinajstić information content (AvgIpc) is 2.49. The third-order valence-corrected chi connectivity index (χ3v) is 3.15. The number of benzene rings is 2. The van der Waals surface area contributed by atoms with Crippen LogP contribution in [0.25, 0.3) is 0 Å². The highest BCUT2D eigenvalue weighted by Crippen LogP contribution is 2.12. The van der Waals surface area contributed by atoms with Crippen molar-refractivity contribution in [1.29, 1.82) is 0 Å². The maximum absolute atomic E-state index is 13.4. The lowest BCUT2D eigenvalue weighted by Gasteiger charge is -2.07. The van der Waals surface area contributed by atoms with Crippen molar-refractivity contribution < 1.29 is 14.0 Å². The predicted molar refractivity (Wildman–Crippen MR) is 83.2 cm³/mol. The van der Waals surface area contributed by atoms with Gasteiger partial charge in [-0.05, 0) is 36.2 Å². The van der Waals surface area contributed by atoms with Gasteiger partial charge in [-0.15, -0.1) is 0 Å². The summed E-state index contributed by atoms with van der Waals surface area (Å²) in [7, 11) is 0. The topological polar surface area (TPSA) is 58.2 Å². The highest BCUT2D eigenvalue weighted by Gasteiger charge is 2.14. The number of para-hydroxylation sites is 1. The van der Waals surface area contributed by atoms with Crippen LogP contribution in [0.4, 0.5) is 10.1 Å². The molecule has 0 bridgehead atoms. The molecule has 0 radical (unpaired) electrons. The summed E-state index contributed by atoms with van der Waals surface area (Å²) in [6.07, 6.45) is 0.541. The van der Waals surface area contributed by atoms with Gasteiger partial charge in [-0.3, -0.25) is 9.59 Å². The number of carbonyl (C=O) groups is 2. The van der Waals surface area contributed by atoms with Crippen LogP contribution in [-0.4, -0.2) is 18.4 Å². The maximum Gasteiger partial charge on any atom is 0.313 e. The van der Waals surface area contributed by atoms with E-state index in [0.29, 0.717) is 11.4 Å². The van der Waals surface area contributed by atoms with E-state index >= 15 is 0 Å². The lowest BCUT2D eigenvalue weighted by Crippen LogP contribution is -2.36. The average molecular weight is 321 g/mol. The van der Waals surface area contributed by atoms with Crippen molar-refractivity contribution in [3.63, 3.8) is 0 Å². The summed E-state index contributed by atoms with van der Waals surface area (Å²) in [5, 5.41) is 5.31. The Bertz CT molecular complexity index is 691. The number of carbonyl (C=O) groups excluding carboxylic acids is 2. The predicted octanol–water partition coefficient (Wildman–Crippen LogP) is 2.78. The SMILES string of the molecule is O=C(NCCc1cccc(Cl)c1)C(=O)Nc1ccccc1F. The van der Waals surface area contributed by atoms with Gasteiger partial charge in [-0.2, -0.15) is 0 Å². The van der Waals surface area contributed by atoms with Crippen molar-refractivity contribution in [3.8, 4) is 0 Å². The van der Waals surface area contributed by atoms with Crippen LogP contribution >= 0.6 is 11.6 Å². The molecule has 2 N–H and O–H groups in total. The molecule has 0 aliphatic carbocycles. The number of rotatable bonds is 4. The Labute approximate surface area is 132 Å². The summed E-state index contributed by atoms with van der Waals surface area (Å²) in [5.74, 6) is -2.32. The quantitative estimate of drug-likeness (QED) is 0.851. The molecule has 0 saturated heterocycles. The third-order valence-electron chi connectivity index (χ3n) is 2.92. The van der Waals surface area contributed by atoms with Crippen LogP contribution in [0.3, 0.4) is 0 Å². The summed E-state index contributed by atoms with van der Waals surface area (Å²) in [4.78, 5) is 23.3. The first-order valence-corrected chi connectivity index (χ1v) is 7.02. The second-order valence-electron chi connectivity index (χ2n) is 4.57. The highest BCUT2D eigenvalue weighted by atomic mass is 35.5. The van der Waals surface area contributed by atoms with Gasteiger partial charge >= 0.3 is 11.8 Å². The molecule has 2 rings (SSSR count). The van der Waals surface area contributed by atoms with Crippen LogP contribution in [0.2, 0.25) is 5.02 Å².